The molecule has 0 aliphatic carbocycles. The van der Waals surface area contributed by atoms with Crippen LogP contribution in [0.15, 0.2) is 5.16 Å². The van der Waals surface area contributed by atoms with Crippen molar-refractivity contribution in [2.24, 2.45) is 11.1 Å². The van der Waals surface area contributed by atoms with Crippen molar-refractivity contribution in [3.63, 3.8) is 0 Å². The summed E-state index contributed by atoms with van der Waals surface area (Å²) in [6, 6.07) is 0. The molecule has 64 valence electrons. The van der Waals surface area contributed by atoms with Crippen molar-refractivity contribution in [3.8, 4) is 0 Å². The van der Waals surface area contributed by atoms with E-state index in [-0.39, 0.29) is 0 Å². The lowest BCUT2D eigenvalue weighted by atomic mass is 10.1. The number of nitrogens with zero attached hydrogens (tertiary/aromatic N) is 1. The number of amides is 1. The molecule has 0 radical (unpaired) electrons. The fourth-order valence-electron chi connectivity index (χ4n) is 0.265. The lowest BCUT2D eigenvalue weighted by molar-refractivity contribution is 0.152. The van der Waals surface area contributed by atoms with Gasteiger partial charge in [-0.25, -0.2) is 4.79 Å². The second kappa shape index (κ2) is 4.71. The van der Waals surface area contributed by atoms with Crippen molar-refractivity contribution in [3.05, 3.63) is 0 Å². The van der Waals surface area contributed by atoms with E-state index in [0.717, 1.165) is 5.71 Å². The van der Waals surface area contributed by atoms with Gasteiger partial charge in [-0.3, -0.25) is 4.84 Å². The van der Waals surface area contributed by atoms with Gasteiger partial charge in [0.2, 0.25) is 0 Å². The molecule has 0 saturated carbocycles. The summed E-state index contributed by atoms with van der Waals surface area (Å²) in [5.41, 5.74) is 0.800. The predicted molar refractivity (Wildman–Crippen MR) is 43.5 cm³/mol. The van der Waals surface area contributed by atoms with Gasteiger partial charge < -0.3 is 5.32 Å². The summed E-state index contributed by atoms with van der Waals surface area (Å²) in [4.78, 5) is 15.0. The third-order valence-corrected chi connectivity index (χ3v) is 1.31. The van der Waals surface area contributed by atoms with Gasteiger partial charge in [0.1, 0.15) is 0 Å². The molecule has 0 saturated heterocycles. The molecule has 1 amide bonds. The number of rotatable bonds is 2. The Morgan fingerprint density at radius 3 is 2.45 bits per heavy atom. The maximum Gasteiger partial charge on any atom is 0.433 e. The van der Waals surface area contributed by atoms with Gasteiger partial charge in [-0.2, -0.15) is 0 Å². The summed E-state index contributed by atoms with van der Waals surface area (Å²) in [6.45, 7) is 5.77. The van der Waals surface area contributed by atoms with Gasteiger partial charge in [0, 0.05) is 7.05 Å². The van der Waals surface area contributed by atoms with Crippen molar-refractivity contribution in [2.75, 3.05) is 7.05 Å². The third-order valence-electron chi connectivity index (χ3n) is 1.31. The first-order valence-electron chi connectivity index (χ1n) is 3.51. The molecule has 1 N–H and O–H groups in total. The van der Waals surface area contributed by atoms with Crippen LogP contribution in [0.25, 0.3) is 0 Å². The van der Waals surface area contributed by atoms with Crippen molar-refractivity contribution in [1.82, 2.24) is 5.32 Å². The Kier molecular flexibility index (Phi) is 4.26. The highest BCUT2D eigenvalue weighted by Crippen LogP contribution is 1.96. The van der Waals surface area contributed by atoms with E-state index in [1.807, 2.05) is 20.8 Å². The number of carbonyl (C=O) groups excluding carboxylic acids is 1. The fourth-order valence-corrected chi connectivity index (χ4v) is 0.265. The van der Waals surface area contributed by atoms with Crippen LogP contribution in [-0.2, 0) is 4.84 Å². The van der Waals surface area contributed by atoms with Crippen molar-refractivity contribution in [2.45, 2.75) is 20.8 Å². The molecule has 0 aromatic heterocycles. The van der Waals surface area contributed by atoms with Gasteiger partial charge in [0.25, 0.3) is 0 Å². The van der Waals surface area contributed by atoms with Crippen LogP contribution in [0.4, 0.5) is 4.79 Å². The van der Waals surface area contributed by atoms with Gasteiger partial charge >= 0.3 is 6.09 Å². The molecule has 0 bridgehead atoms. The maximum absolute atomic E-state index is 10.5. The molecule has 0 heterocycles. The van der Waals surface area contributed by atoms with Crippen LogP contribution < -0.4 is 5.32 Å². The van der Waals surface area contributed by atoms with Crippen molar-refractivity contribution in [1.29, 1.82) is 0 Å². The molecule has 0 atom stereocenters. The Labute approximate surface area is 66.6 Å². The molecule has 4 heteroatoms. The molecule has 0 aliphatic heterocycles. The van der Waals surface area contributed by atoms with E-state index in [1.165, 1.54) is 7.05 Å². The molecule has 4 nitrogen and oxygen atoms in total. The van der Waals surface area contributed by atoms with Gasteiger partial charge in [-0.15, -0.1) is 0 Å². The monoisotopic (exact) mass is 158 g/mol. The van der Waals surface area contributed by atoms with Gasteiger partial charge in [0.05, 0.1) is 5.71 Å². The van der Waals surface area contributed by atoms with E-state index < -0.39 is 6.09 Å². The summed E-state index contributed by atoms with van der Waals surface area (Å²) in [7, 11) is 1.49. The molecular formula is C7H14N2O2. The van der Waals surface area contributed by atoms with E-state index in [2.05, 4.69) is 15.3 Å². The number of oxime groups is 1. The Hall–Kier alpha value is -1.06. The van der Waals surface area contributed by atoms with E-state index in [1.54, 1.807) is 0 Å². The standard InChI is InChI=1S/C7H14N2O2/c1-5(2)6(3)9-11-7(10)8-4/h5H,1-4H3,(H,8,10)/b9-6+. The first kappa shape index (κ1) is 9.94. The SMILES string of the molecule is CNC(=O)O/N=C(\C)C(C)C. The minimum Gasteiger partial charge on any atom is -0.323 e. The van der Waals surface area contributed by atoms with Crippen molar-refractivity contribution >= 4 is 11.8 Å². The fraction of sp³-hybridized carbons (Fsp3) is 0.714. The van der Waals surface area contributed by atoms with Gasteiger partial charge in [-0.05, 0) is 12.8 Å². The third kappa shape index (κ3) is 4.36. The van der Waals surface area contributed by atoms with Crippen LogP contribution in [0.2, 0.25) is 0 Å². The molecule has 11 heavy (non-hydrogen) atoms. The van der Waals surface area contributed by atoms with Crippen LogP contribution >= 0.6 is 0 Å². The summed E-state index contributed by atoms with van der Waals surface area (Å²) in [5, 5.41) is 5.89. The summed E-state index contributed by atoms with van der Waals surface area (Å²) >= 11 is 0. The number of nitrogens with one attached hydrogen (secondary N) is 1. The highest BCUT2D eigenvalue weighted by molar-refractivity contribution is 5.83. The lowest BCUT2D eigenvalue weighted by Gasteiger charge is -2.01. The van der Waals surface area contributed by atoms with Gasteiger partial charge in [0.15, 0.2) is 0 Å². The Morgan fingerprint density at radius 1 is 1.55 bits per heavy atom. The molecule has 0 aromatic rings. The zero-order valence-electron chi connectivity index (χ0n) is 7.34. The average molecular weight is 158 g/mol. The normalized spacial score (nSPS) is 11.5. The maximum atomic E-state index is 10.5. The topological polar surface area (TPSA) is 50.7 Å². The zero-order chi connectivity index (χ0) is 8.85. The minimum absolute atomic E-state index is 0.305. The van der Waals surface area contributed by atoms with Crippen LogP contribution in [0, 0.1) is 5.92 Å². The smallest absolute Gasteiger partial charge is 0.323 e. The Morgan fingerprint density at radius 2 is 2.09 bits per heavy atom. The number of carbonyl (C=O) groups is 1. The second-order valence-corrected chi connectivity index (χ2v) is 2.52. The highest BCUT2D eigenvalue weighted by Gasteiger charge is 2.00. The average Bonchev–Trinajstić information content (AvgIpc) is 1.99. The first-order chi connectivity index (χ1) is 5.07. The highest BCUT2D eigenvalue weighted by atomic mass is 16.7. The lowest BCUT2D eigenvalue weighted by Crippen LogP contribution is -2.17. The van der Waals surface area contributed by atoms with E-state index in [9.17, 15) is 4.79 Å². The molecule has 0 aliphatic rings. The van der Waals surface area contributed by atoms with Crippen LogP contribution in [0.3, 0.4) is 0 Å². The van der Waals surface area contributed by atoms with E-state index >= 15 is 0 Å². The summed E-state index contributed by atoms with van der Waals surface area (Å²) in [5.74, 6) is 0.305. The van der Waals surface area contributed by atoms with Crippen molar-refractivity contribution < 1.29 is 9.63 Å². The Balaban J connectivity index is 3.82. The molecule has 0 rings (SSSR count). The molecular weight excluding hydrogens is 144 g/mol. The largest absolute Gasteiger partial charge is 0.433 e. The summed E-state index contributed by atoms with van der Waals surface area (Å²) < 4.78 is 0. The van der Waals surface area contributed by atoms with E-state index in [4.69, 9.17) is 0 Å². The van der Waals surface area contributed by atoms with Crippen LogP contribution in [-0.4, -0.2) is 18.9 Å². The molecule has 0 fully saturated rings. The predicted octanol–water partition coefficient (Wildman–Crippen LogP) is 1.37. The second-order valence-electron chi connectivity index (χ2n) is 2.52. The quantitative estimate of drug-likeness (QED) is 0.375. The van der Waals surface area contributed by atoms with Gasteiger partial charge in [-0.1, -0.05) is 19.0 Å². The number of hydrogen-bond acceptors (Lipinski definition) is 3. The zero-order valence-corrected chi connectivity index (χ0v) is 7.34. The van der Waals surface area contributed by atoms with Crippen LogP contribution in [0.1, 0.15) is 20.8 Å². The first-order valence-corrected chi connectivity index (χ1v) is 3.51. The molecule has 0 spiro atoms. The summed E-state index contributed by atoms with van der Waals surface area (Å²) in [6.07, 6.45) is -0.537. The van der Waals surface area contributed by atoms with E-state index in [0.29, 0.717) is 5.92 Å². The van der Waals surface area contributed by atoms with Crippen LogP contribution in [0.5, 0.6) is 0 Å². The Bertz CT molecular complexity index is 164. The molecule has 0 unspecified atom stereocenters. The number of hydrogen-bond donors (Lipinski definition) is 1. The molecule has 0 aromatic carbocycles. The minimum atomic E-state index is -0.537.